The number of carbonyl (C=O) groups is 1. The van der Waals surface area contributed by atoms with E-state index in [0.717, 1.165) is 24.4 Å². The van der Waals surface area contributed by atoms with Gasteiger partial charge >= 0.3 is 5.69 Å². The molecule has 0 bridgehead atoms. The second-order valence-corrected chi connectivity index (χ2v) is 9.84. The summed E-state index contributed by atoms with van der Waals surface area (Å²) < 4.78 is 4.81. The number of thioether (sulfide) groups is 1. The fourth-order valence-electron chi connectivity index (χ4n) is 4.53. The van der Waals surface area contributed by atoms with Crippen molar-refractivity contribution in [2.24, 2.45) is 7.05 Å². The van der Waals surface area contributed by atoms with Gasteiger partial charge in [0.2, 0.25) is 5.91 Å². The minimum Gasteiger partial charge on any atom is -0.342 e. The molecule has 4 rings (SSSR count). The molecule has 0 spiro atoms. The van der Waals surface area contributed by atoms with Gasteiger partial charge in [0.25, 0.3) is 5.56 Å². The summed E-state index contributed by atoms with van der Waals surface area (Å²) in [7, 11) is 1.67. The Morgan fingerprint density at radius 3 is 2.71 bits per heavy atom. The first-order valence-electron chi connectivity index (χ1n) is 10.8. The fraction of sp³-hybridized carbons (Fsp3) is 0.667. The average molecular weight is 447 g/mol. The number of likely N-dealkylation sites (tertiary alicyclic amines) is 1. The van der Waals surface area contributed by atoms with E-state index in [9.17, 15) is 14.4 Å². The summed E-state index contributed by atoms with van der Waals surface area (Å²) in [6, 6.07) is -0.156. The summed E-state index contributed by atoms with van der Waals surface area (Å²) in [4.78, 5) is 44.8. The number of carbonyl (C=O) groups excluding carboxylic acids is 1. The van der Waals surface area contributed by atoms with Crippen molar-refractivity contribution >= 4 is 17.7 Å². The zero-order chi connectivity index (χ0) is 22.4. The first kappa shape index (κ1) is 21.9. The highest BCUT2D eigenvalue weighted by Crippen LogP contribution is 2.34. The molecular formula is C21H30N6O3S. The Bertz CT molecular complexity index is 1130. The van der Waals surface area contributed by atoms with Gasteiger partial charge in [-0.15, -0.1) is 0 Å². The van der Waals surface area contributed by atoms with Crippen LogP contribution in [0.5, 0.6) is 0 Å². The lowest BCUT2D eigenvalue weighted by Crippen LogP contribution is -2.41. The van der Waals surface area contributed by atoms with Crippen LogP contribution in [-0.4, -0.2) is 53.5 Å². The summed E-state index contributed by atoms with van der Waals surface area (Å²) in [6.07, 6.45) is 2.06. The Morgan fingerprint density at radius 1 is 1.26 bits per heavy atom. The topological polar surface area (TPSA) is 95.0 Å². The minimum absolute atomic E-state index is 0.0142. The predicted octanol–water partition coefficient (Wildman–Crippen LogP) is 1.78. The highest BCUT2D eigenvalue weighted by molar-refractivity contribution is 7.99. The molecule has 2 aliphatic heterocycles. The predicted molar refractivity (Wildman–Crippen MR) is 119 cm³/mol. The zero-order valence-corrected chi connectivity index (χ0v) is 19.6. The molecule has 4 heterocycles. The molecule has 2 aliphatic rings. The van der Waals surface area contributed by atoms with E-state index in [-0.39, 0.29) is 41.6 Å². The molecule has 0 saturated carbocycles. The van der Waals surface area contributed by atoms with Gasteiger partial charge in [-0.25, -0.2) is 14.5 Å². The van der Waals surface area contributed by atoms with E-state index in [1.165, 1.54) is 16.4 Å². The molecule has 31 heavy (non-hydrogen) atoms. The van der Waals surface area contributed by atoms with Crippen molar-refractivity contribution < 1.29 is 4.79 Å². The van der Waals surface area contributed by atoms with Gasteiger partial charge < -0.3 is 4.90 Å². The standard InChI is InChI=1S/C21H30N6O3S/c1-12(2)26-18(23-24(5)21(26)30)15-7-6-8-25(10-15)17(28)9-16-11-31-20-22-14(4)13(3)19(29)27(16)20/h12,15-16H,6-11H2,1-5H3. The van der Waals surface area contributed by atoms with Crippen molar-refractivity contribution in [3.63, 3.8) is 0 Å². The molecule has 1 saturated heterocycles. The van der Waals surface area contributed by atoms with Crippen molar-refractivity contribution in [1.29, 1.82) is 0 Å². The highest BCUT2D eigenvalue weighted by Gasteiger charge is 2.33. The number of hydrogen-bond donors (Lipinski definition) is 0. The number of aryl methyl sites for hydroxylation is 2. The molecule has 0 aliphatic carbocycles. The number of hydrogen-bond acceptors (Lipinski definition) is 6. The van der Waals surface area contributed by atoms with Crippen LogP contribution in [-0.2, 0) is 11.8 Å². The maximum absolute atomic E-state index is 13.2. The van der Waals surface area contributed by atoms with E-state index >= 15 is 0 Å². The number of rotatable bonds is 4. The molecule has 2 aromatic heterocycles. The summed E-state index contributed by atoms with van der Waals surface area (Å²) in [5, 5.41) is 5.19. The molecule has 0 N–H and O–H groups in total. The second kappa shape index (κ2) is 8.29. The van der Waals surface area contributed by atoms with E-state index in [4.69, 9.17) is 0 Å². The average Bonchev–Trinajstić information content (AvgIpc) is 3.27. The summed E-state index contributed by atoms with van der Waals surface area (Å²) in [5.74, 6) is 1.52. The summed E-state index contributed by atoms with van der Waals surface area (Å²) in [5.41, 5.74) is 1.23. The summed E-state index contributed by atoms with van der Waals surface area (Å²) >= 11 is 1.54. The normalized spacial score (nSPS) is 21.0. The second-order valence-electron chi connectivity index (χ2n) is 8.86. The lowest BCUT2D eigenvalue weighted by molar-refractivity contribution is -0.133. The first-order valence-corrected chi connectivity index (χ1v) is 11.8. The van der Waals surface area contributed by atoms with E-state index < -0.39 is 0 Å². The van der Waals surface area contributed by atoms with E-state index in [1.807, 2.05) is 25.7 Å². The molecular weight excluding hydrogens is 416 g/mol. The van der Waals surface area contributed by atoms with Gasteiger partial charge in [-0.1, -0.05) is 11.8 Å². The fourth-order valence-corrected chi connectivity index (χ4v) is 5.71. The van der Waals surface area contributed by atoms with Gasteiger partial charge in [-0.3, -0.25) is 18.7 Å². The Morgan fingerprint density at radius 2 is 2.00 bits per heavy atom. The Balaban J connectivity index is 1.52. The molecule has 0 radical (unpaired) electrons. The molecule has 1 amide bonds. The Hall–Kier alpha value is -2.36. The number of aromatic nitrogens is 5. The lowest BCUT2D eigenvalue weighted by Gasteiger charge is -2.33. The molecule has 10 heteroatoms. The monoisotopic (exact) mass is 446 g/mol. The maximum atomic E-state index is 13.2. The van der Waals surface area contributed by atoms with Crippen LogP contribution in [0.15, 0.2) is 14.7 Å². The molecule has 1 fully saturated rings. The number of amides is 1. The first-order chi connectivity index (χ1) is 14.7. The third-order valence-electron chi connectivity index (χ3n) is 6.37. The quantitative estimate of drug-likeness (QED) is 0.665. The van der Waals surface area contributed by atoms with E-state index in [0.29, 0.717) is 29.6 Å². The van der Waals surface area contributed by atoms with Crippen molar-refractivity contribution in [3.05, 3.63) is 37.9 Å². The van der Waals surface area contributed by atoms with Crippen LogP contribution in [0.3, 0.4) is 0 Å². The molecule has 9 nitrogen and oxygen atoms in total. The lowest BCUT2D eigenvalue weighted by atomic mass is 9.96. The third-order valence-corrected chi connectivity index (χ3v) is 7.47. The highest BCUT2D eigenvalue weighted by atomic mass is 32.2. The van der Waals surface area contributed by atoms with Gasteiger partial charge in [-0.2, -0.15) is 5.10 Å². The van der Waals surface area contributed by atoms with Crippen LogP contribution in [0, 0.1) is 13.8 Å². The van der Waals surface area contributed by atoms with Gasteiger partial charge in [0.1, 0.15) is 5.82 Å². The van der Waals surface area contributed by atoms with Crippen molar-refractivity contribution in [3.8, 4) is 0 Å². The SMILES string of the molecule is Cc1nc2n(c(=O)c1C)C(CC(=O)N1CCCC(c3nn(C)c(=O)n3C(C)C)C1)CS2. The Kier molecular flexibility index (Phi) is 5.85. The van der Waals surface area contributed by atoms with Gasteiger partial charge in [0.05, 0.1) is 6.04 Å². The van der Waals surface area contributed by atoms with Crippen LogP contribution in [0.1, 0.15) is 68.2 Å². The molecule has 168 valence electrons. The zero-order valence-electron chi connectivity index (χ0n) is 18.8. The van der Waals surface area contributed by atoms with Crippen LogP contribution in [0.4, 0.5) is 0 Å². The van der Waals surface area contributed by atoms with Gasteiger partial charge in [0.15, 0.2) is 5.16 Å². The van der Waals surface area contributed by atoms with E-state index in [1.54, 1.807) is 23.1 Å². The smallest absolute Gasteiger partial charge is 0.342 e. The molecule has 2 unspecified atom stereocenters. The van der Waals surface area contributed by atoms with Crippen LogP contribution in [0.2, 0.25) is 0 Å². The van der Waals surface area contributed by atoms with Gasteiger partial charge in [0, 0.05) is 55.5 Å². The number of piperidine rings is 1. The van der Waals surface area contributed by atoms with Crippen molar-refractivity contribution in [2.45, 2.75) is 70.1 Å². The molecule has 2 atom stereocenters. The van der Waals surface area contributed by atoms with Crippen LogP contribution >= 0.6 is 11.8 Å². The minimum atomic E-state index is -0.170. The van der Waals surface area contributed by atoms with Crippen molar-refractivity contribution in [1.82, 2.24) is 28.8 Å². The van der Waals surface area contributed by atoms with E-state index in [2.05, 4.69) is 10.1 Å². The third kappa shape index (κ3) is 3.86. The van der Waals surface area contributed by atoms with Gasteiger partial charge in [-0.05, 0) is 40.5 Å². The molecule has 2 aromatic rings. The number of fused-ring (bicyclic) bond motifs is 1. The maximum Gasteiger partial charge on any atom is 0.345 e. The summed E-state index contributed by atoms with van der Waals surface area (Å²) in [6.45, 7) is 8.83. The van der Waals surface area contributed by atoms with Crippen molar-refractivity contribution in [2.75, 3.05) is 18.8 Å². The largest absolute Gasteiger partial charge is 0.345 e. The number of nitrogens with zero attached hydrogens (tertiary/aromatic N) is 6. The Labute approximate surface area is 185 Å². The van der Waals surface area contributed by atoms with Crippen LogP contribution in [0.25, 0.3) is 0 Å². The van der Waals surface area contributed by atoms with Crippen LogP contribution < -0.4 is 11.2 Å². The molecule has 0 aromatic carbocycles.